The van der Waals surface area contributed by atoms with Crippen LogP contribution in [0.25, 0.3) is 11.0 Å². The van der Waals surface area contributed by atoms with Crippen molar-refractivity contribution in [1.29, 1.82) is 0 Å². The minimum absolute atomic E-state index is 0.713. The molecule has 0 aliphatic rings. The van der Waals surface area contributed by atoms with Crippen LogP contribution < -0.4 is 0 Å². The van der Waals surface area contributed by atoms with Gasteiger partial charge in [0.2, 0.25) is 0 Å². The molecule has 0 fully saturated rings. The molecule has 0 saturated heterocycles. The number of rotatable bonds is 2. The first-order chi connectivity index (χ1) is 6.81. The number of pyridine rings is 2. The molecule has 72 valence electrons. The largest absolute Gasteiger partial charge is 0.237 e. The van der Waals surface area contributed by atoms with Gasteiger partial charge in [0.05, 0.1) is 5.02 Å². The molecular formula is C11H11ClN2. The van der Waals surface area contributed by atoms with Crippen LogP contribution in [0.4, 0.5) is 0 Å². The molecule has 0 bridgehead atoms. The Morgan fingerprint density at radius 3 is 2.93 bits per heavy atom. The van der Waals surface area contributed by atoms with Crippen LogP contribution in [-0.4, -0.2) is 9.97 Å². The first-order valence-corrected chi connectivity index (χ1v) is 5.09. The Bertz CT molecular complexity index is 454. The molecule has 0 radical (unpaired) electrons. The van der Waals surface area contributed by atoms with Gasteiger partial charge in [-0.2, -0.15) is 0 Å². The number of hydrogen-bond donors (Lipinski definition) is 0. The summed E-state index contributed by atoms with van der Waals surface area (Å²) in [5, 5.41) is 1.64. The Hall–Kier alpha value is -1.15. The standard InChI is InChI=1S/C11H11ClN2/c1-2-3-8-4-5-9-10(12)6-7-13-11(9)14-8/h4-7H,2-3H2,1H3. The Kier molecular flexibility index (Phi) is 2.64. The smallest absolute Gasteiger partial charge is 0.160 e. The van der Waals surface area contributed by atoms with E-state index in [0.717, 1.165) is 29.6 Å². The van der Waals surface area contributed by atoms with E-state index >= 15 is 0 Å². The predicted molar refractivity (Wildman–Crippen MR) is 58.5 cm³/mol. The van der Waals surface area contributed by atoms with Crippen LogP contribution in [-0.2, 0) is 6.42 Å². The van der Waals surface area contributed by atoms with E-state index in [4.69, 9.17) is 11.6 Å². The molecule has 2 aromatic rings. The molecular weight excluding hydrogens is 196 g/mol. The molecule has 2 nitrogen and oxygen atoms in total. The molecule has 0 aromatic carbocycles. The van der Waals surface area contributed by atoms with E-state index in [9.17, 15) is 0 Å². The highest BCUT2D eigenvalue weighted by molar-refractivity contribution is 6.35. The van der Waals surface area contributed by atoms with Crippen molar-refractivity contribution >= 4 is 22.6 Å². The van der Waals surface area contributed by atoms with Gasteiger partial charge in [-0.25, -0.2) is 9.97 Å². The van der Waals surface area contributed by atoms with Crippen molar-refractivity contribution in [3.8, 4) is 0 Å². The van der Waals surface area contributed by atoms with Crippen molar-refractivity contribution in [2.45, 2.75) is 19.8 Å². The van der Waals surface area contributed by atoms with Gasteiger partial charge in [-0.05, 0) is 24.6 Å². The normalized spacial score (nSPS) is 10.7. The summed E-state index contributed by atoms with van der Waals surface area (Å²) in [6, 6.07) is 5.78. The number of fused-ring (bicyclic) bond motifs is 1. The van der Waals surface area contributed by atoms with E-state index in [1.54, 1.807) is 12.3 Å². The molecule has 3 heteroatoms. The lowest BCUT2D eigenvalue weighted by atomic mass is 10.2. The quantitative estimate of drug-likeness (QED) is 0.754. The number of aromatic nitrogens is 2. The summed E-state index contributed by atoms with van der Waals surface area (Å²) in [5.41, 5.74) is 1.82. The number of halogens is 1. The van der Waals surface area contributed by atoms with Crippen LogP contribution in [0.15, 0.2) is 24.4 Å². The van der Waals surface area contributed by atoms with Crippen molar-refractivity contribution in [3.05, 3.63) is 35.1 Å². The summed E-state index contributed by atoms with van der Waals surface area (Å²) >= 11 is 6.01. The van der Waals surface area contributed by atoms with Gasteiger partial charge in [0, 0.05) is 17.3 Å². The first kappa shape index (κ1) is 9.41. The SMILES string of the molecule is CCCc1ccc2c(Cl)ccnc2n1. The number of hydrogen-bond acceptors (Lipinski definition) is 2. The summed E-state index contributed by atoms with van der Waals surface area (Å²) in [4.78, 5) is 8.62. The van der Waals surface area contributed by atoms with Gasteiger partial charge in [0.25, 0.3) is 0 Å². The monoisotopic (exact) mass is 206 g/mol. The minimum atomic E-state index is 0.713. The lowest BCUT2D eigenvalue weighted by Crippen LogP contribution is -1.91. The van der Waals surface area contributed by atoms with Crippen LogP contribution in [0.2, 0.25) is 5.02 Å². The molecule has 0 aliphatic carbocycles. The Balaban J connectivity index is 2.56. The zero-order chi connectivity index (χ0) is 9.97. The topological polar surface area (TPSA) is 25.8 Å². The van der Waals surface area contributed by atoms with E-state index in [2.05, 4.69) is 16.9 Å². The Morgan fingerprint density at radius 1 is 1.29 bits per heavy atom. The highest BCUT2D eigenvalue weighted by Crippen LogP contribution is 2.20. The van der Waals surface area contributed by atoms with Crippen LogP contribution in [0.1, 0.15) is 19.0 Å². The maximum atomic E-state index is 6.01. The second kappa shape index (κ2) is 3.93. The molecule has 0 amide bonds. The average Bonchev–Trinajstić information content (AvgIpc) is 2.18. The molecule has 0 saturated carbocycles. The van der Waals surface area contributed by atoms with E-state index in [1.807, 2.05) is 12.1 Å². The van der Waals surface area contributed by atoms with Crippen molar-refractivity contribution in [3.63, 3.8) is 0 Å². The fraction of sp³-hybridized carbons (Fsp3) is 0.273. The van der Waals surface area contributed by atoms with Gasteiger partial charge in [0.15, 0.2) is 5.65 Å². The third-order valence-electron chi connectivity index (χ3n) is 2.11. The maximum Gasteiger partial charge on any atom is 0.160 e. The molecule has 0 N–H and O–H groups in total. The van der Waals surface area contributed by atoms with Gasteiger partial charge >= 0.3 is 0 Å². The van der Waals surface area contributed by atoms with E-state index in [-0.39, 0.29) is 0 Å². The van der Waals surface area contributed by atoms with E-state index in [1.165, 1.54) is 0 Å². The van der Waals surface area contributed by atoms with E-state index < -0.39 is 0 Å². The lowest BCUT2D eigenvalue weighted by molar-refractivity contribution is 0.887. The lowest BCUT2D eigenvalue weighted by Gasteiger charge is -2.01. The van der Waals surface area contributed by atoms with Gasteiger partial charge in [-0.15, -0.1) is 0 Å². The second-order valence-corrected chi connectivity index (χ2v) is 3.62. The van der Waals surface area contributed by atoms with Crippen LogP contribution in [0, 0.1) is 0 Å². The average molecular weight is 207 g/mol. The summed E-state index contributed by atoms with van der Waals surface area (Å²) in [5.74, 6) is 0. The summed E-state index contributed by atoms with van der Waals surface area (Å²) < 4.78 is 0. The van der Waals surface area contributed by atoms with Crippen molar-refractivity contribution in [2.75, 3.05) is 0 Å². The highest BCUT2D eigenvalue weighted by Gasteiger charge is 2.01. The van der Waals surface area contributed by atoms with Gasteiger partial charge < -0.3 is 0 Å². The zero-order valence-corrected chi connectivity index (χ0v) is 8.75. The highest BCUT2D eigenvalue weighted by atomic mass is 35.5. The molecule has 2 rings (SSSR count). The van der Waals surface area contributed by atoms with Gasteiger partial charge in [0.1, 0.15) is 0 Å². The molecule has 0 aliphatic heterocycles. The maximum absolute atomic E-state index is 6.01. The number of nitrogens with zero attached hydrogens (tertiary/aromatic N) is 2. The molecule has 2 heterocycles. The molecule has 0 unspecified atom stereocenters. The van der Waals surface area contributed by atoms with Crippen molar-refractivity contribution in [2.24, 2.45) is 0 Å². The van der Waals surface area contributed by atoms with Crippen LogP contribution in [0.3, 0.4) is 0 Å². The van der Waals surface area contributed by atoms with Gasteiger partial charge in [-0.1, -0.05) is 24.9 Å². The van der Waals surface area contributed by atoms with Crippen molar-refractivity contribution < 1.29 is 0 Å². The molecule has 14 heavy (non-hydrogen) atoms. The van der Waals surface area contributed by atoms with Crippen LogP contribution >= 0.6 is 11.6 Å². The fourth-order valence-corrected chi connectivity index (χ4v) is 1.63. The van der Waals surface area contributed by atoms with E-state index in [0.29, 0.717) is 5.02 Å². The van der Waals surface area contributed by atoms with Gasteiger partial charge in [-0.3, -0.25) is 0 Å². The third-order valence-corrected chi connectivity index (χ3v) is 2.44. The predicted octanol–water partition coefficient (Wildman–Crippen LogP) is 3.24. The minimum Gasteiger partial charge on any atom is -0.237 e. The summed E-state index contributed by atoms with van der Waals surface area (Å²) in [6.45, 7) is 2.14. The molecule has 2 aromatic heterocycles. The second-order valence-electron chi connectivity index (χ2n) is 3.22. The Morgan fingerprint density at radius 2 is 2.14 bits per heavy atom. The van der Waals surface area contributed by atoms with Crippen LogP contribution in [0.5, 0.6) is 0 Å². The molecule has 0 atom stereocenters. The molecule has 0 spiro atoms. The fourth-order valence-electron chi connectivity index (χ4n) is 1.43. The number of aryl methyl sites for hydroxylation is 1. The van der Waals surface area contributed by atoms with Crippen molar-refractivity contribution in [1.82, 2.24) is 9.97 Å². The zero-order valence-electron chi connectivity index (χ0n) is 8.00. The summed E-state index contributed by atoms with van der Waals surface area (Å²) in [6.07, 6.45) is 3.77. The first-order valence-electron chi connectivity index (χ1n) is 4.71. The Labute approximate surface area is 88.0 Å². The summed E-state index contributed by atoms with van der Waals surface area (Å²) in [7, 11) is 0. The third kappa shape index (κ3) is 1.70.